The lowest BCUT2D eigenvalue weighted by Crippen LogP contribution is -2.34. The van der Waals surface area contributed by atoms with Gasteiger partial charge in [0.25, 0.3) is 0 Å². The van der Waals surface area contributed by atoms with Crippen molar-refractivity contribution >= 4 is 6.21 Å². The monoisotopic (exact) mass is 243 g/mol. The van der Waals surface area contributed by atoms with Gasteiger partial charge >= 0.3 is 0 Å². The highest BCUT2D eigenvalue weighted by Gasteiger charge is 2.40. The summed E-state index contributed by atoms with van der Waals surface area (Å²) in [5, 5.41) is 12.1. The van der Waals surface area contributed by atoms with Gasteiger partial charge < -0.3 is 5.21 Å². The standard InChI is InChI=1S/C16H21NO/c1-11-9-15(13(3)12(11)2)16(4)8-6-5-7-14(16)10-17-18/h5-10,14-15,18H,1-4H3. The van der Waals surface area contributed by atoms with Crippen molar-refractivity contribution < 1.29 is 5.21 Å². The minimum absolute atomic E-state index is 0.0515. The first-order valence-electron chi connectivity index (χ1n) is 6.40. The van der Waals surface area contributed by atoms with Crippen molar-refractivity contribution in [3.63, 3.8) is 0 Å². The Morgan fingerprint density at radius 1 is 1.28 bits per heavy atom. The molecule has 3 atom stereocenters. The summed E-state index contributed by atoms with van der Waals surface area (Å²) in [6, 6.07) is 0. The quantitative estimate of drug-likeness (QED) is 0.442. The molecule has 0 fully saturated rings. The first kappa shape index (κ1) is 12.9. The van der Waals surface area contributed by atoms with Crippen LogP contribution in [-0.4, -0.2) is 11.4 Å². The van der Waals surface area contributed by atoms with E-state index in [9.17, 15) is 0 Å². The van der Waals surface area contributed by atoms with E-state index in [4.69, 9.17) is 5.21 Å². The zero-order chi connectivity index (χ0) is 13.3. The first-order valence-corrected chi connectivity index (χ1v) is 6.40. The van der Waals surface area contributed by atoms with Gasteiger partial charge in [-0.1, -0.05) is 48.5 Å². The van der Waals surface area contributed by atoms with Crippen molar-refractivity contribution in [1.82, 2.24) is 0 Å². The molecule has 18 heavy (non-hydrogen) atoms. The Bertz CT molecular complexity index is 493. The molecule has 0 bridgehead atoms. The summed E-state index contributed by atoms with van der Waals surface area (Å²) in [6.07, 6.45) is 12.4. The Hall–Kier alpha value is -1.57. The normalized spacial score (nSPS) is 35.7. The van der Waals surface area contributed by atoms with Crippen LogP contribution in [0.3, 0.4) is 0 Å². The third-order valence-electron chi connectivity index (χ3n) is 4.57. The Morgan fingerprint density at radius 3 is 2.56 bits per heavy atom. The second-order valence-electron chi connectivity index (χ2n) is 5.54. The van der Waals surface area contributed by atoms with Crippen LogP contribution in [0.4, 0.5) is 0 Å². The molecule has 2 nitrogen and oxygen atoms in total. The zero-order valence-electron chi connectivity index (χ0n) is 11.5. The van der Waals surface area contributed by atoms with E-state index in [1.54, 1.807) is 6.21 Å². The van der Waals surface area contributed by atoms with Gasteiger partial charge in [0.2, 0.25) is 0 Å². The molecule has 0 radical (unpaired) electrons. The smallest absolute Gasteiger partial charge is 0.0513 e. The molecule has 0 aromatic carbocycles. The van der Waals surface area contributed by atoms with Gasteiger partial charge in [0.05, 0.1) is 6.21 Å². The third kappa shape index (κ3) is 1.86. The van der Waals surface area contributed by atoms with Crippen molar-refractivity contribution in [3.8, 4) is 0 Å². The summed E-state index contributed by atoms with van der Waals surface area (Å²) < 4.78 is 0. The third-order valence-corrected chi connectivity index (χ3v) is 4.57. The summed E-state index contributed by atoms with van der Waals surface area (Å²) in [6.45, 7) is 8.79. The average Bonchev–Trinajstić information content (AvgIpc) is 2.61. The van der Waals surface area contributed by atoms with E-state index in [0.717, 1.165) is 0 Å². The van der Waals surface area contributed by atoms with Gasteiger partial charge in [0.1, 0.15) is 0 Å². The van der Waals surface area contributed by atoms with Crippen LogP contribution in [0.1, 0.15) is 27.7 Å². The Morgan fingerprint density at radius 2 is 2.00 bits per heavy atom. The highest BCUT2D eigenvalue weighted by molar-refractivity contribution is 5.66. The first-order chi connectivity index (χ1) is 8.50. The maximum atomic E-state index is 8.85. The zero-order valence-corrected chi connectivity index (χ0v) is 11.5. The van der Waals surface area contributed by atoms with Gasteiger partial charge in [-0.3, -0.25) is 0 Å². The van der Waals surface area contributed by atoms with Crippen molar-refractivity contribution in [2.75, 3.05) is 0 Å². The van der Waals surface area contributed by atoms with Crippen LogP contribution in [-0.2, 0) is 0 Å². The maximum absolute atomic E-state index is 8.85. The largest absolute Gasteiger partial charge is 0.411 e. The molecular formula is C16H21NO. The molecule has 0 spiro atoms. The number of nitrogens with zero attached hydrogens (tertiary/aromatic N) is 1. The topological polar surface area (TPSA) is 32.6 Å². The summed E-state index contributed by atoms with van der Waals surface area (Å²) in [5.74, 6) is 0.504. The van der Waals surface area contributed by atoms with Crippen LogP contribution in [0.25, 0.3) is 0 Å². The summed E-state index contributed by atoms with van der Waals surface area (Å²) in [5.41, 5.74) is 4.13. The molecule has 3 unspecified atom stereocenters. The molecule has 2 rings (SSSR count). The second kappa shape index (κ2) is 4.60. The number of hydrogen-bond acceptors (Lipinski definition) is 2. The Balaban J connectivity index is 2.43. The van der Waals surface area contributed by atoms with E-state index >= 15 is 0 Å². The van der Waals surface area contributed by atoms with Crippen LogP contribution in [0, 0.1) is 17.3 Å². The molecule has 0 aliphatic heterocycles. The number of rotatable bonds is 2. The molecule has 0 heterocycles. The lowest BCUT2D eigenvalue weighted by molar-refractivity contribution is 0.285. The average molecular weight is 243 g/mol. The lowest BCUT2D eigenvalue weighted by atomic mass is 9.65. The predicted octanol–water partition coefficient (Wildman–Crippen LogP) is 4.11. The number of oxime groups is 1. The second-order valence-corrected chi connectivity index (χ2v) is 5.54. The van der Waals surface area contributed by atoms with Crippen molar-refractivity contribution in [1.29, 1.82) is 0 Å². The van der Waals surface area contributed by atoms with Gasteiger partial charge in [-0.25, -0.2) is 0 Å². The molecule has 2 aliphatic carbocycles. The van der Waals surface area contributed by atoms with Crippen molar-refractivity contribution in [2.24, 2.45) is 22.4 Å². The minimum atomic E-state index is -0.0515. The van der Waals surface area contributed by atoms with Crippen LogP contribution in [0.5, 0.6) is 0 Å². The molecule has 2 aliphatic rings. The van der Waals surface area contributed by atoms with Gasteiger partial charge in [0, 0.05) is 17.3 Å². The summed E-state index contributed by atoms with van der Waals surface area (Å²) >= 11 is 0. The predicted molar refractivity (Wildman–Crippen MR) is 75.8 cm³/mol. The maximum Gasteiger partial charge on any atom is 0.0513 e. The highest BCUT2D eigenvalue weighted by Crippen LogP contribution is 2.48. The van der Waals surface area contributed by atoms with Crippen LogP contribution in [0.15, 0.2) is 52.3 Å². The fraction of sp³-hybridized carbons (Fsp3) is 0.438. The molecule has 0 aromatic heterocycles. The van der Waals surface area contributed by atoms with Crippen molar-refractivity contribution in [3.05, 3.63) is 47.1 Å². The van der Waals surface area contributed by atoms with Crippen LogP contribution >= 0.6 is 0 Å². The fourth-order valence-corrected chi connectivity index (χ4v) is 3.05. The fourth-order valence-electron chi connectivity index (χ4n) is 3.05. The van der Waals surface area contributed by atoms with Gasteiger partial charge in [-0.15, -0.1) is 5.16 Å². The van der Waals surface area contributed by atoms with E-state index in [2.05, 4.69) is 57.2 Å². The van der Waals surface area contributed by atoms with Crippen LogP contribution in [0.2, 0.25) is 0 Å². The molecule has 0 aromatic rings. The van der Waals surface area contributed by atoms with Gasteiger partial charge in [-0.2, -0.15) is 0 Å². The Kier molecular flexibility index (Phi) is 3.29. The van der Waals surface area contributed by atoms with E-state index in [1.165, 1.54) is 16.7 Å². The number of hydrogen-bond donors (Lipinski definition) is 1. The van der Waals surface area contributed by atoms with E-state index in [1.807, 2.05) is 6.08 Å². The molecule has 0 amide bonds. The SMILES string of the molecule is CC1=CC(C2(C)C=CC=CC2C=NO)C(C)=C1C. The summed E-state index contributed by atoms with van der Waals surface area (Å²) in [7, 11) is 0. The van der Waals surface area contributed by atoms with Crippen LogP contribution < -0.4 is 0 Å². The van der Waals surface area contributed by atoms with E-state index in [-0.39, 0.29) is 11.3 Å². The lowest BCUT2D eigenvalue weighted by Gasteiger charge is -2.38. The molecular weight excluding hydrogens is 222 g/mol. The molecule has 96 valence electrons. The minimum Gasteiger partial charge on any atom is -0.411 e. The highest BCUT2D eigenvalue weighted by atomic mass is 16.4. The number of allylic oxidation sites excluding steroid dienone is 8. The van der Waals surface area contributed by atoms with Crippen molar-refractivity contribution in [2.45, 2.75) is 27.7 Å². The summed E-state index contributed by atoms with van der Waals surface area (Å²) in [4.78, 5) is 0. The van der Waals surface area contributed by atoms with E-state index < -0.39 is 0 Å². The molecule has 1 N–H and O–H groups in total. The van der Waals surface area contributed by atoms with Gasteiger partial charge in [0.15, 0.2) is 0 Å². The molecule has 0 saturated heterocycles. The Labute approximate surface area is 109 Å². The van der Waals surface area contributed by atoms with Gasteiger partial charge in [-0.05, 0) is 26.3 Å². The molecule has 2 heteroatoms. The van der Waals surface area contributed by atoms with E-state index in [0.29, 0.717) is 5.92 Å². The molecule has 0 saturated carbocycles.